The Labute approximate surface area is 92.3 Å². The van der Waals surface area contributed by atoms with E-state index in [9.17, 15) is 4.79 Å². The van der Waals surface area contributed by atoms with Crippen LogP contribution in [0.3, 0.4) is 0 Å². The van der Waals surface area contributed by atoms with Crippen molar-refractivity contribution in [2.75, 3.05) is 19.6 Å². The molecule has 3 atom stereocenters. The van der Waals surface area contributed by atoms with Crippen molar-refractivity contribution in [1.29, 1.82) is 0 Å². The van der Waals surface area contributed by atoms with Gasteiger partial charge >= 0.3 is 0 Å². The van der Waals surface area contributed by atoms with Crippen LogP contribution in [0.1, 0.15) is 16.2 Å². The lowest BCUT2D eigenvalue weighted by atomic mass is 10.0. The number of nitrogens with one attached hydrogen (secondary N) is 1. The predicted molar refractivity (Wildman–Crippen MR) is 57.9 cm³/mol. The van der Waals surface area contributed by atoms with Crippen LogP contribution in [0, 0.1) is 5.92 Å². The molecule has 0 saturated carbocycles. The monoisotopic (exact) mass is 223 g/mol. The summed E-state index contributed by atoms with van der Waals surface area (Å²) in [4.78, 5) is 18.2. The van der Waals surface area contributed by atoms with Gasteiger partial charge in [0.05, 0.1) is 0 Å². The summed E-state index contributed by atoms with van der Waals surface area (Å²) < 4.78 is 0. The lowest BCUT2D eigenvalue weighted by Crippen LogP contribution is -2.43. The topological polar surface area (TPSA) is 45.2 Å². The van der Waals surface area contributed by atoms with E-state index in [2.05, 4.69) is 15.2 Å². The van der Waals surface area contributed by atoms with Crippen molar-refractivity contribution in [3.63, 3.8) is 0 Å². The lowest BCUT2D eigenvalue weighted by Gasteiger charge is -2.22. The van der Waals surface area contributed by atoms with E-state index in [-0.39, 0.29) is 5.91 Å². The van der Waals surface area contributed by atoms with Crippen molar-refractivity contribution in [3.8, 4) is 0 Å². The molecule has 0 aliphatic carbocycles. The number of piperidine rings is 1. The Morgan fingerprint density at radius 3 is 3.13 bits per heavy atom. The van der Waals surface area contributed by atoms with E-state index in [1.165, 1.54) is 24.3 Å². The van der Waals surface area contributed by atoms with Gasteiger partial charge in [0, 0.05) is 30.7 Å². The van der Waals surface area contributed by atoms with E-state index in [0.29, 0.717) is 17.0 Å². The van der Waals surface area contributed by atoms with Gasteiger partial charge in [-0.15, -0.1) is 11.3 Å². The van der Waals surface area contributed by atoms with Gasteiger partial charge in [-0.2, -0.15) is 0 Å². The van der Waals surface area contributed by atoms with Crippen LogP contribution in [-0.2, 0) is 0 Å². The van der Waals surface area contributed by atoms with Crippen molar-refractivity contribution in [2.45, 2.75) is 12.5 Å². The van der Waals surface area contributed by atoms with Gasteiger partial charge in [-0.25, -0.2) is 4.98 Å². The Morgan fingerprint density at radius 1 is 1.60 bits per heavy atom. The van der Waals surface area contributed by atoms with Gasteiger partial charge < -0.3 is 10.2 Å². The Morgan fingerprint density at radius 2 is 2.53 bits per heavy atom. The van der Waals surface area contributed by atoms with Crippen molar-refractivity contribution in [1.82, 2.24) is 15.2 Å². The van der Waals surface area contributed by atoms with Gasteiger partial charge in [-0.05, 0) is 18.9 Å². The maximum Gasteiger partial charge on any atom is 0.280 e. The molecule has 2 bridgehead atoms. The molecule has 1 aromatic rings. The molecule has 0 radical (unpaired) electrons. The summed E-state index contributed by atoms with van der Waals surface area (Å²) in [5.41, 5.74) is 0. The zero-order valence-electron chi connectivity index (χ0n) is 8.35. The van der Waals surface area contributed by atoms with Gasteiger partial charge in [0.2, 0.25) is 0 Å². The quantitative estimate of drug-likeness (QED) is 0.797. The van der Waals surface area contributed by atoms with Gasteiger partial charge in [-0.1, -0.05) is 0 Å². The summed E-state index contributed by atoms with van der Waals surface area (Å²) in [6, 6.07) is 0.343. The highest BCUT2D eigenvalue weighted by Crippen LogP contribution is 2.27. The first-order valence-electron chi connectivity index (χ1n) is 5.25. The average molecular weight is 223 g/mol. The molecule has 1 amide bonds. The predicted octanol–water partition coefficient (Wildman–Crippen LogP) is 0.577. The fraction of sp³-hybridized carbons (Fsp3) is 0.600. The molecule has 2 fully saturated rings. The third-order valence-electron chi connectivity index (χ3n) is 3.28. The highest BCUT2D eigenvalue weighted by atomic mass is 32.1. The minimum atomic E-state index is -0.0104. The van der Waals surface area contributed by atoms with Crippen molar-refractivity contribution in [2.24, 2.45) is 5.92 Å². The minimum Gasteiger partial charge on any atom is -0.346 e. The van der Waals surface area contributed by atoms with E-state index in [1.54, 1.807) is 6.20 Å². The molecule has 2 saturated heterocycles. The summed E-state index contributed by atoms with van der Waals surface area (Å²) in [5, 5.41) is 5.49. The Hall–Kier alpha value is -0.940. The van der Waals surface area contributed by atoms with E-state index in [4.69, 9.17) is 0 Å². The molecule has 80 valence electrons. The number of rotatable bonds is 2. The number of hydrogen-bond donors (Lipinski definition) is 1. The summed E-state index contributed by atoms with van der Waals surface area (Å²) in [5.74, 6) is 0.651. The SMILES string of the molecule is O=C(N[C@H]1CN2CC[C@H]1C2)c1nccs1. The Balaban J connectivity index is 1.64. The fourth-order valence-electron chi connectivity index (χ4n) is 2.51. The molecular formula is C10H13N3OS. The van der Waals surface area contributed by atoms with Gasteiger partial charge in [-0.3, -0.25) is 4.79 Å². The number of amides is 1. The molecule has 0 aromatic carbocycles. The highest BCUT2D eigenvalue weighted by Gasteiger charge is 2.38. The molecule has 1 unspecified atom stereocenters. The largest absolute Gasteiger partial charge is 0.346 e. The zero-order chi connectivity index (χ0) is 10.3. The average Bonchev–Trinajstić information content (AvgIpc) is 2.95. The molecule has 5 heteroatoms. The highest BCUT2D eigenvalue weighted by molar-refractivity contribution is 7.11. The first-order chi connectivity index (χ1) is 7.33. The van der Waals surface area contributed by atoms with Gasteiger partial charge in [0.15, 0.2) is 5.01 Å². The second kappa shape index (κ2) is 3.57. The molecule has 1 N–H and O–H groups in total. The molecule has 0 spiro atoms. The zero-order valence-corrected chi connectivity index (χ0v) is 9.17. The first-order valence-corrected chi connectivity index (χ1v) is 6.13. The second-order valence-corrected chi connectivity index (χ2v) is 5.12. The standard InChI is InChI=1S/C10H13N3OS/c14-9(10-11-2-4-15-10)12-8-6-13-3-1-7(8)5-13/h2,4,7-8H,1,3,5-6H2,(H,12,14)/t7-,8-/m0/s1. The van der Waals surface area contributed by atoms with Crippen molar-refractivity contribution >= 4 is 17.2 Å². The number of carbonyl (C=O) groups is 1. The van der Waals surface area contributed by atoms with E-state index < -0.39 is 0 Å². The Kier molecular flexibility index (Phi) is 2.21. The number of nitrogens with zero attached hydrogens (tertiary/aromatic N) is 2. The van der Waals surface area contributed by atoms with Crippen LogP contribution in [0.2, 0.25) is 0 Å². The lowest BCUT2D eigenvalue weighted by molar-refractivity contribution is 0.0924. The molecule has 15 heavy (non-hydrogen) atoms. The maximum atomic E-state index is 11.8. The van der Waals surface area contributed by atoms with Crippen LogP contribution < -0.4 is 5.32 Å². The summed E-state index contributed by atoms with van der Waals surface area (Å²) in [6.07, 6.45) is 2.90. The minimum absolute atomic E-state index is 0.0104. The van der Waals surface area contributed by atoms with Crippen LogP contribution >= 0.6 is 11.3 Å². The number of fused-ring (bicyclic) bond motifs is 2. The first kappa shape index (κ1) is 9.30. The summed E-state index contributed by atoms with van der Waals surface area (Å²) >= 11 is 1.40. The third kappa shape index (κ3) is 1.66. The van der Waals surface area contributed by atoms with Crippen LogP contribution in [0.15, 0.2) is 11.6 Å². The number of carbonyl (C=O) groups excluding carboxylic acids is 1. The molecule has 2 aliphatic heterocycles. The van der Waals surface area contributed by atoms with Crippen molar-refractivity contribution in [3.05, 3.63) is 16.6 Å². The molecule has 3 heterocycles. The normalized spacial score (nSPS) is 33.2. The number of thiazole rings is 1. The smallest absolute Gasteiger partial charge is 0.280 e. The second-order valence-electron chi connectivity index (χ2n) is 4.23. The fourth-order valence-corrected chi connectivity index (χ4v) is 3.05. The number of hydrogen-bond acceptors (Lipinski definition) is 4. The van der Waals surface area contributed by atoms with Gasteiger partial charge in [0.1, 0.15) is 0 Å². The van der Waals surface area contributed by atoms with Crippen LogP contribution in [0.4, 0.5) is 0 Å². The molecule has 1 aromatic heterocycles. The number of aromatic nitrogens is 1. The molecule has 3 rings (SSSR count). The maximum absolute atomic E-state index is 11.8. The molecular weight excluding hydrogens is 210 g/mol. The Bertz CT molecular complexity index is 365. The van der Waals surface area contributed by atoms with Crippen molar-refractivity contribution < 1.29 is 4.79 Å². The van der Waals surface area contributed by atoms with Crippen LogP contribution in [-0.4, -0.2) is 41.5 Å². The summed E-state index contributed by atoms with van der Waals surface area (Å²) in [6.45, 7) is 3.37. The molecule has 4 nitrogen and oxygen atoms in total. The molecule has 2 aliphatic rings. The summed E-state index contributed by atoms with van der Waals surface area (Å²) in [7, 11) is 0. The van der Waals surface area contributed by atoms with Crippen LogP contribution in [0.5, 0.6) is 0 Å². The van der Waals surface area contributed by atoms with E-state index in [1.807, 2.05) is 5.38 Å². The third-order valence-corrected chi connectivity index (χ3v) is 4.05. The van der Waals surface area contributed by atoms with E-state index in [0.717, 1.165) is 13.1 Å². The van der Waals surface area contributed by atoms with Crippen LogP contribution in [0.25, 0.3) is 0 Å². The van der Waals surface area contributed by atoms with Gasteiger partial charge in [0.25, 0.3) is 5.91 Å². The van der Waals surface area contributed by atoms with E-state index >= 15 is 0 Å².